The van der Waals surface area contributed by atoms with Crippen LogP contribution < -0.4 is 15.0 Å². The molecule has 6 heteroatoms. The lowest BCUT2D eigenvalue weighted by atomic mass is 10.2. The molecule has 1 aliphatic heterocycles. The van der Waals surface area contributed by atoms with Gasteiger partial charge in [0.25, 0.3) is 11.8 Å². The molecule has 0 unspecified atom stereocenters. The van der Waals surface area contributed by atoms with Crippen LogP contribution in [0.5, 0.6) is 5.75 Å². The summed E-state index contributed by atoms with van der Waals surface area (Å²) in [5, 5.41) is 3.22. The predicted octanol–water partition coefficient (Wildman–Crippen LogP) is 5.69. The van der Waals surface area contributed by atoms with Crippen molar-refractivity contribution >= 4 is 35.0 Å². The summed E-state index contributed by atoms with van der Waals surface area (Å²) in [6.45, 7) is 6.42. The number of para-hydroxylation sites is 1. The third-order valence-corrected chi connectivity index (χ3v) is 6.18. The normalized spacial score (nSPS) is 13.7. The zero-order valence-electron chi connectivity index (χ0n) is 18.2. The molecule has 0 atom stereocenters. The van der Waals surface area contributed by atoms with Gasteiger partial charge in [0.05, 0.1) is 12.3 Å². The molecular formula is C26H24N2O3S. The summed E-state index contributed by atoms with van der Waals surface area (Å²) in [5.74, 6) is -0.0336. The molecule has 4 rings (SSSR count). The van der Waals surface area contributed by atoms with Gasteiger partial charge in [-0.15, -0.1) is 0 Å². The van der Waals surface area contributed by atoms with Gasteiger partial charge in [-0.25, -0.2) is 4.90 Å². The Morgan fingerprint density at radius 1 is 0.875 bits per heavy atom. The smallest absolute Gasteiger partial charge is 0.283 e. The van der Waals surface area contributed by atoms with Crippen LogP contribution >= 0.6 is 11.8 Å². The summed E-state index contributed by atoms with van der Waals surface area (Å²) >= 11 is 1.30. The highest BCUT2D eigenvalue weighted by atomic mass is 32.2. The van der Waals surface area contributed by atoms with Crippen LogP contribution in [0.2, 0.25) is 0 Å². The number of rotatable bonds is 7. The first kappa shape index (κ1) is 21.7. The quantitative estimate of drug-likeness (QED) is 0.474. The molecule has 0 bridgehead atoms. The number of thioether (sulfide) groups is 1. The monoisotopic (exact) mass is 444 g/mol. The summed E-state index contributed by atoms with van der Waals surface area (Å²) in [6, 6.07) is 22.6. The van der Waals surface area contributed by atoms with E-state index in [1.165, 1.54) is 16.7 Å². The maximum atomic E-state index is 13.4. The average Bonchev–Trinajstić information content (AvgIpc) is 3.01. The number of carbonyl (C=O) groups excluding carboxylic acids is 2. The Labute approximate surface area is 192 Å². The summed E-state index contributed by atoms with van der Waals surface area (Å²) in [7, 11) is 0. The highest BCUT2D eigenvalue weighted by Gasteiger charge is 2.40. The summed E-state index contributed by atoms with van der Waals surface area (Å²) in [6.07, 6.45) is 0. The lowest BCUT2D eigenvalue weighted by Crippen LogP contribution is -2.32. The first-order valence-corrected chi connectivity index (χ1v) is 11.2. The molecule has 0 aromatic heterocycles. The van der Waals surface area contributed by atoms with E-state index < -0.39 is 0 Å². The van der Waals surface area contributed by atoms with E-state index in [1.807, 2.05) is 69.3 Å². The van der Waals surface area contributed by atoms with E-state index in [1.54, 1.807) is 24.3 Å². The van der Waals surface area contributed by atoms with Crippen molar-refractivity contribution in [2.75, 3.05) is 16.8 Å². The minimum Gasteiger partial charge on any atom is -0.494 e. The molecule has 5 nitrogen and oxygen atoms in total. The molecule has 1 heterocycles. The number of anilines is 2. The van der Waals surface area contributed by atoms with Gasteiger partial charge in [0.1, 0.15) is 16.4 Å². The van der Waals surface area contributed by atoms with E-state index in [9.17, 15) is 9.59 Å². The van der Waals surface area contributed by atoms with Gasteiger partial charge >= 0.3 is 0 Å². The van der Waals surface area contributed by atoms with Gasteiger partial charge in [0.2, 0.25) is 0 Å². The van der Waals surface area contributed by atoms with Gasteiger partial charge in [0.15, 0.2) is 0 Å². The molecule has 162 valence electrons. The Balaban J connectivity index is 1.71. The number of carbonyl (C=O) groups is 2. The molecule has 0 saturated carbocycles. The third-order valence-electron chi connectivity index (χ3n) is 5.09. The zero-order valence-corrected chi connectivity index (χ0v) is 19.0. The molecule has 0 fully saturated rings. The summed E-state index contributed by atoms with van der Waals surface area (Å²) < 4.78 is 5.48. The number of nitrogens with one attached hydrogen (secondary N) is 1. The first-order valence-electron chi connectivity index (χ1n) is 10.4. The van der Waals surface area contributed by atoms with Crippen molar-refractivity contribution in [1.29, 1.82) is 0 Å². The number of amides is 2. The van der Waals surface area contributed by atoms with E-state index >= 15 is 0 Å². The molecule has 0 saturated heterocycles. The largest absolute Gasteiger partial charge is 0.494 e. The van der Waals surface area contributed by atoms with Crippen molar-refractivity contribution in [3.05, 3.63) is 94.5 Å². The fraction of sp³-hybridized carbons (Fsp3) is 0.154. The van der Waals surface area contributed by atoms with E-state index in [0.717, 1.165) is 21.7 Å². The van der Waals surface area contributed by atoms with E-state index in [2.05, 4.69) is 5.32 Å². The van der Waals surface area contributed by atoms with Crippen LogP contribution in [0.3, 0.4) is 0 Å². The van der Waals surface area contributed by atoms with E-state index in [4.69, 9.17) is 4.74 Å². The van der Waals surface area contributed by atoms with Crippen molar-refractivity contribution < 1.29 is 14.3 Å². The lowest BCUT2D eigenvalue weighted by Gasteiger charge is -2.16. The maximum absolute atomic E-state index is 13.4. The predicted molar refractivity (Wildman–Crippen MR) is 129 cm³/mol. The number of aryl methyl sites for hydroxylation is 2. The third kappa shape index (κ3) is 4.41. The van der Waals surface area contributed by atoms with Gasteiger partial charge in [-0.3, -0.25) is 9.59 Å². The summed E-state index contributed by atoms with van der Waals surface area (Å²) in [5.41, 5.74) is 3.70. The highest BCUT2D eigenvalue weighted by molar-refractivity contribution is 8.04. The summed E-state index contributed by atoms with van der Waals surface area (Å²) in [4.78, 5) is 29.4. The highest BCUT2D eigenvalue weighted by Crippen LogP contribution is 2.38. The van der Waals surface area contributed by atoms with Gasteiger partial charge in [-0.05, 0) is 68.8 Å². The minimum atomic E-state index is -0.378. The fourth-order valence-electron chi connectivity index (χ4n) is 3.38. The standard InChI is InChI=1S/C26H24N2O3S/c1-4-31-20-13-11-19(12-14-20)28-25(29)23(27-22-8-6-5-7-18(22)3)24(26(28)30)32-21-15-9-17(2)10-16-21/h5-16,27H,4H2,1-3H3. The Hall–Kier alpha value is -3.51. The number of ether oxygens (including phenoxy) is 1. The Morgan fingerprint density at radius 2 is 1.56 bits per heavy atom. The molecule has 1 aliphatic rings. The lowest BCUT2D eigenvalue weighted by molar-refractivity contribution is -0.120. The minimum absolute atomic E-state index is 0.281. The molecule has 0 spiro atoms. The fourth-order valence-corrected chi connectivity index (χ4v) is 4.31. The van der Waals surface area contributed by atoms with Crippen molar-refractivity contribution in [1.82, 2.24) is 0 Å². The van der Waals surface area contributed by atoms with Crippen molar-refractivity contribution in [3.63, 3.8) is 0 Å². The van der Waals surface area contributed by atoms with Crippen LogP contribution in [-0.4, -0.2) is 18.4 Å². The SMILES string of the molecule is CCOc1ccc(N2C(=O)C(Nc3ccccc3C)=C(Sc3ccc(C)cc3)C2=O)cc1. The topological polar surface area (TPSA) is 58.6 Å². The number of hydrogen-bond acceptors (Lipinski definition) is 5. The van der Waals surface area contributed by atoms with Crippen LogP contribution in [0, 0.1) is 13.8 Å². The second-order valence-electron chi connectivity index (χ2n) is 7.43. The van der Waals surface area contributed by atoms with Crippen LogP contribution in [0.25, 0.3) is 0 Å². The van der Waals surface area contributed by atoms with Gasteiger partial charge in [-0.1, -0.05) is 47.7 Å². The molecule has 3 aromatic carbocycles. The van der Waals surface area contributed by atoms with Crippen LogP contribution in [0.4, 0.5) is 11.4 Å². The van der Waals surface area contributed by atoms with Crippen LogP contribution in [-0.2, 0) is 9.59 Å². The molecule has 32 heavy (non-hydrogen) atoms. The number of nitrogens with zero attached hydrogens (tertiary/aromatic N) is 1. The molecule has 2 amide bonds. The average molecular weight is 445 g/mol. The van der Waals surface area contributed by atoms with Gasteiger partial charge in [-0.2, -0.15) is 0 Å². The number of hydrogen-bond donors (Lipinski definition) is 1. The maximum Gasteiger partial charge on any atom is 0.283 e. The van der Waals surface area contributed by atoms with Gasteiger partial charge < -0.3 is 10.1 Å². The Kier molecular flexibility index (Phi) is 6.32. The van der Waals surface area contributed by atoms with Crippen LogP contribution in [0.1, 0.15) is 18.1 Å². The zero-order chi connectivity index (χ0) is 22.7. The number of benzene rings is 3. The Bertz CT molecular complexity index is 1180. The van der Waals surface area contributed by atoms with E-state index in [-0.39, 0.29) is 17.5 Å². The first-order chi connectivity index (χ1) is 15.5. The Morgan fingerprint density at radius 3 is 2.22 bits per heavy atom. The van der Waals surface area contributed by atoms with Crippen molar-refractivity contribution in [2.24, 2.45) is 0 Å². The van der Waals surface area contributed by atoms with Crippen molar-refractivity contribution in [3.8, 4) is 5.75 Å². The van der Waals surface area contributed by atoms with Gasteiger partial charge in [0, 0.05) is 10.6 Å². The molecular weight excluding hydrogens is 420 g/mol. The van der Waals surface area contributed by atoms with E-state index in [0.29, 0.717) is 22.9 Å². The second-order valence-corrected chi connectivity index (χ2v) is 8.52. The van der Waals surface area contributed by atoms with Crippen molar-refractivity contribution in [2.45, 2.75) is 25.7 Å². The van der Waals surface area contributed by atoms with Crippen LogP contribution in [0.15, 0.2) is 88.3 Å². The number of imide groups is 1. The molecule has 0 aliphatic carbocycles. The second kappa shape index (κ2) is 9.32. The molecule has 3 aromatic rings. The molecule has 1 N–H and O–H groups in total. The molecule has 0 radical (unpaired) electrons.